The average molecular weight is 576 g/mol. The number of aromatic carboxylic acids is 1. The first-order chi connectivity index (χ1) is 18.5. The second-order valence-electron chi connectivity index (χ2n) is 9.18. The second-order valence-corrected chi connectivity index (χ2v) is 11.2. The molecule has 0 aliphatic heterocycles. The number of amides is 1. The number of aromatic amines is 1. The van der Waals surface area contributed by atoms with Crippen molar-refractivity contribution in [3.63, 3.8) is 0 Å². The van der Waals surface area contributed by atoms with Crippen LogP contribution < -0.4 is 5.32 Å². The van der Waals surface area contributed by atoms with Crippen LogP contribution >= 0.6 is 0 Å². The monoisotopic (exact) mass is 575 g/mol. The molecule has 0 aliphatic rings. The van der Waals surface area contributed by atoms with E-state index in [-0.39, 0.29) is 27.7 Å². The molecule has 0 saturated heterocycles. The Balaban J connectivity index is 0.000000220. The van der Waals surface area contributed by atoms with Crippen LogP contribution in [-0.2, 0) is 16.0 Å². The fourth-order valence-electron chi connectivity index (χ4n) is 4.20. The first-order valence-electron chi connectivity index (χ1n) is 11.9. The number of aromatic nitrogens is 2. The number of nitrogens with one attached hydrogen (secondary N) is 2. The third-order valence-corrected chi connectivity index (χ3v) is 7.17. The lowest BCUT2D eigenvalue weighted by Gasteiger charge is -2.16. The number of aryl methyl sites for hydroxylation is 3. The van der Waals surface area contributed by atoms with Crippen molar-refractivity contribution < 1.29 is 36.3 Å². The zero-order valence-corrected chi connectivity index (χ0v) is 23.2. The van der Waals surface area contributed by atoms with Crippen LogP contribution in [-0.4, -0.2) is 41.2 Å². The fourth-order valence-corrected chi connectivity index (χ4v) is 4.83. The maximum atomic E-state index is 13.0. The van der Waals surface area contributed by atoms with Gasteiger partial charge in [-0.15, -0.1) is 0 Å². The van der Waals surface area contributed by atoms with E-state index in [9.17, 15) is 31.2 Å². The molecule has 0 radical (unpaired) electrons. The molecule has 8 nitrogen and oxygen atoms in total. The summed E-state index contributed by atoms with van der Waals surface area (Å²) in [6, 6.07) is 14.3. The highest BCUT2D eigenvalue weighted by atomic mass is 32.2. The number of carbonyl (C=O) groups is 2. The maximum Gasteiger partial charge on any atom is 0.418 e. The van der Waals surface area contributed by atoms with Gasteiger partial charge in [0.1, 0.15) is 0 Å². The summed E-state index contributed by atoms with van der Waals surface area (Å²) in [5.74, 6) is -1.38. The molecule has 0 fully saturated rings. The van der Waals surface area contributed by atoms with E-state index in [2.05, 4.69) is 10.3 Å². The van der Waals surface area contributed by atoms with Crippen LogP contribution in [0.4, 0.5) is 18.9 Å². The van der Waals surface area contributed by atoms with Crippen molar-refractivity contribution in [2.24, 2.45) is 0 Å². The van der Waals surface area contributed by atoms with Crippen molar-refractivity contribution in [3.8, 4) is 5.69 Å². The number of hydrogen-bond acceptors (Lipinski definition) is 4. The molecule has 4 aromatic rings. The van der Waals surface area contributed by atoms with Gasteiger partial charge in [-0.05, 0) is 76.2 Å². The number of carbonyl (C=O) groups excluding carboxylic acids is 1. The fraction of sp³-hybridized carbons (Fsp3) is 0.214. The van der Waals surface area contributed by atoms with Crippen LogP contribution in [0.25, 0.3) is 5.69 Å². The van der Waals surface area contributed by atoms with Crippen LogP contribution in [0, 0.1) is 27.7 Å². The Morgan fingerprint density at radius 3 is 2.00 bits per heavy atom. The molecule has 0 aliphatic carbocycles. The van der Waals surface area contributed by atoms with Crippen LogP contribution in [0.2, 0.25) is 0 Å². The van der Waals surface area contributed by atoms with Crippen molar-refractivity contribution in [2.75, 3.05) is 11.6 Å². The van der Waals surface area contributed by atoms with E-state index in [0.29, 0.717) is 16.9 Å². The van der Waals surface area contributed by atoms with Gasteiger partial charge in [0.25, 0.3) is 5.91 Å². The number of para-hydroxylation sites is 1. The number of carboxylic acid groups (broad SMARTS) is 1. The summed E-state index contributed by atoms with van der Waals surface area (Å²) < 4.78 is 63.1. The number of anilines is 1. The minimum Gasteiger partial charge on any atom is -0.478 e. The zero-order valence-electron chi connectivity index (χ0n) is 22.3. The summed E-state index contributed by atoms with van der Waals surface area (Å²) in [6.07, 6.45) is -3.35. The third kappa shape index (κ3) is 6.81. The molecule has 0 atom stereocenters. The van der Waals surface area contributed by atoms with Gasteiger partial charge in [-0.2, -0.15) is 13.2 Å². The second kappa shape index (κ2) is 11.4. The lowest BCUT2D eigenvalue weighted by molar-refractivity contribution is -0.137. The van der Waals surface area contributed by atoms with Gasteiger partial charge >= 0.3 is 12.1 Å². The number of carboxylic acids is 1. The van der Waals surface area contributed by atoms with Crippen LogP contribution in [0.3, 0.4) is 0 Å². The Morgan fingerprint density at radius 2 is 1.52 bits per heavy atom. The zero-order chi connectivity index (χ0) is 30.0. The Hall–Kier alpha value is -4.32. The Bertz CT molecular complexity index is 1670. The predicted octanol–water partition coefficient (Wildman–Crippen LogP) is 6.10. The van der Waals surface area contributed by atoms with Crippen LogP contribution in [0.5, 0.6) is 0 Å². The van der Waals surface area contributed by atoms with E-state index >= 15 is 0 Å². The minimum atomic E-state index is -4.50. The number of halogens is 3. The molecular weight excluding hydrogens is 547 g/mol. The van der Waals surface area contributed by atoms with E-state index in [1.165, 1.54) is 47.9 Å². The summed E-state index contributed by atoms with van der Waals surface area (Å²) in [5, 5.41) is 11.8. The number of sulfone groups is 1. The number of benzene rings is 2. The molecule has 2 heterocycles. The van der Waals surface area contributed by atoms with E-state index < -0.39 is 27.5 Å². The van der Waals surface area contributed by atoms with Gasteiger partial charge in [-0.1, -0.05) is 12.1 Å². The number of rotatable bonds is 5. The van der Waals surface area contributed by atoms with Crippen molar-refractivity contribution in [1.29, 1.82) is 0 Å². The molecule has 0 bridgehead atoms. The lowest BCUT2D eigenvalue weighted by atomic mass is 10.1. The molecular formula is C28H28F3N3O5S. The SMILES string of the molecule is Cc1cc(C(=O)Nc2ccc(S(C)(=O)=O)cc2)c(C)[nH]1.Cc1cc(C(=O)O)c(C)n1-c1ccccc1C(F)(F)F. The number of nitrogens with zero attached hydrogens (tertiary/aromatic N) is 1. The van der Waals surface area contributed by atoms with Gasteiger partial charge in [-0.3, -0.25) is 4.79 Å². The summed E-state index contributed by atoms with van der Waals surface area (Å²) in [6.45, 7) is 6.77. The van der Waals surface area contributed by atoms with E-state index in [1.807, 2.05) is 13.8 Å². The normalized spacial score (nSPS) is 11.5. The highest BCUT2D eigenvalue weighted by molar-refractivity contribution is 7.90. The lowest BCUT2D eigenvalue weighted by Crippen LogP contribution is -2.12. The van der Waals surface area contributed by atoms with Gasteiger partial charge in [0.2, 0.25) is 0 Å². The molecule has 0 unspecified atom stereocenters. The largest absolute Gasteiger partial charge is 0.478 e. The smallest absolute Gasteiger partial charge is 0.418 e. The van der Waals surface area contributed by atoms with Crippen molar-refractivity contribution in [2.45, 2.75) is 38.8 Å². The average Bonchev–Trinajstić information content (AvgIpc) is 3.35. The standard InChI is InChI=1S/C14H12F3NO2.C14H16N2O3S/c1-8-7-10(13(19)20)9(2)18(8)12-6-4-3-5-11(12)14(15,16)17;1-9-8-13(10(2)15-9)14(17)16-11-4-6-12(7-5-11)20(3,18)19/h3-7H,1-2H3,(H,19,20);4-8,15H,1-3H3,(H,16,17). The maximum absolute atomic E-state index is 13.0. The first kappa shape index (κ1) is 30.2. The molecule has 2 aromatic carbocycles. The molecule has 0 saturated carbocycles. The highest BCUT2D eigenvalue weighted by Crippen LogP contribution is 2.35. The summed E-state index contributed by atoms with van der Waals surface area (Å²) in [5.41, 5.74) is 2.70. The molecule has 1 amide bonds. The summed E-state index contributed by atoms with van der Waals surface area (Å²) in [4.78, 5) is 26.4. The molecule has 2 aromatic heterocycles. The third-order valence-electron chi connectivity index (χ3n) is 6.05. The highest BCUT2D eigenvalue weighted by Gasteiger charge is 2.34. The number of hydrogen-bond donors (Lipinski definition) is 3. The minimum absolute atomic E-state index is 0.000484. The van der Waals surface area contributed by atoms with Crippen molar-refractivity contribution in [3.05, 3.63) is 100 Å². The quantitative estimate of drug-likeness (QED) is 0.266. The molecule has 0 spiro atoms. The van der Waals surface area contributed by atoms with Gasteiger partial charge in [0, 0.05) is 34.7 Å². The molecule has 12 heteroatoms. The molecule has 40 heavy (non-hydrogen) atoms. The van der Waals surface area contributed by atoms with E-state index in [1.54, 1.807) is 25.1 Å². The van der Waals surface area contributed by atoms with Gasteiger partial charge in [0.15, 0.2) is 9.84 Å². The molecule has 3 N–H and O–H groups in total. The first-order valence-corrected chi connectivity index (χ1v) is 13.8. The van der Waals surface area contributed by atoms with Crippen molar-refractivity contribution >= 4 is 27.4 Å². The summed E-state index contributed by atoms with van der Waals surface area (Å²) in [7, 11) is -3.22. The molecule has 212 valence electrons. The van der Waals surface area contributed by atoms with Crippen LogP contribution in [0.1, 0.15) is 49.1 Å². The van der Waals surface area contributed by atoms with Crippen LogP contribution in [0.15, 0.2) is 65.6 Å². The van der Waals surface area contributed by atoms with E-state index in [4.69, 9.17) is 5.11 Å². The summed E-state index contributed by atoms with van der Waals surface area (Å²) >= 11 is 0. The Labute approximate surface area is 229 Å². The topological polar surface area (TPSA) is 121 Å². The number of H-pyrrole nitrogens is 1. The molecule has 4 rings (SSSR count). The van der Waals surface area contributed by atoms with E-state index in [0.717, 1.165) is 23.7 Å². The van der Waals surface area contributed by atoms with Gasteiger partial charge in [0.05, 0.1) is 27.3 Å². The van der Waals surface area contributed by atoms with Gasteiger partial charge < -0.3 is 20.0 Å². The van der Waals surface area contributed by atoms with Gasteiger partial charge in [-0.25, -0.2) is 13.2 Å². The Morgan fingerprint density at radius 1 is 0.925 bits per heavy atom. The Kier molecular flexibility index (Phi) is 8.63. The number of alkyl halides is 3. The van der Waals surface area contributed by atoms with Crippen molar-refractivity contribution in [1.82, 2.24) is 9.55 Å². The predicted molar refractivity (Wildman–Crippen MR) is 145 cm³/mol.